The van der Waals surface area contributed by atoms with Gasteiger partial charge in [-0.05, 0) is 53.4 Å². The molecule has 4 nitrogen and oxygen atoms in total. The number of ether oxygens (including phenoxy) is 1. The fourth-order valence-corrected chi connectivity index (χ4v) is 4.89. The van der Waals surface area contributed by atoms with Gasteiger partial charge in [0.05, 0.1) is 17.3 Å². The third kappa shape index (κ3) is 4.20. The van der Waals surface area contributed by atoms with Gasteiger partial charge in [-0.2, -0.15) is 0 Å². The molecule has 0 amide bonds. The lowest BCUT2D eigenvalue weighted by atomic mass is 10.0. The van der Waals surface area contributed by atoms with Crippen molar-refractivity contribution in [1.29, 1.82) is 0 Å². The summed E-state index contributed by atoms with van der Waals surface area (Å²) >= 11 is 3.45. The molecule has 0 aliphatic heterocycles. The maximum atomic E-state index is 14.1. The summed E-state index contributed by atoms with van der Waals surface area (Å²) < 4.78 is 22.6. The van der Waals surface area contributed by atoms with E-state index in [1.807, 2.05) is 4.57 Å². The smallest absolute Gasteiger partial charge is 0.194 e. The maximum Gasteiger partial charge on any atom is 0.194 e. The number of Topliss-reactive ketones (excluding diaryl/α,β-unsaturated/α-hetero) is 1. The molecule has 1 aliphatic rings. The molecule has 1 aliphatic carbocycles. The van der Waals surface area contributed by atoms with Gasteiger partial charge < -0.3 is 14.4 Å². The molecule has 1 N–H and O–H groups in total. The van der Waals surface area contributed by atoms with Gasteiger partial charge in [-0.25, -0.2) is 4.39 Å². The summed E-state index contributed by atoms with van der Waals surface area (Å²) in [7, 11) is -1.20. The molecule has 7 heteroatoms. The Morgan fingerprint density at radius 2 is 2.07 bits per heavy atom. The van der Waals surface area contributed by atoms with Crippen LogP contribution in [0.1, 0.15) is 28.9 Å². The Hall–Kier alpha value is -1.44. The largest absolute Gasteiger partial charge is 0.515 e. The number of hydrogen-bond acceptors (Lipinski definition) is 3. The second-order valence-corrected chi connectivity index (χ2v) is 14.7. The Labute approximate surface area is 168 Å². The molecule has 146 valence electrons. The second kappa shape index (κ2) is 7.89. The van der Waals surface area contributed by atoms with E-state index in [9.17, 15) is 14.3 Å². The van der Waals surface area contributed by atoms with Gasteiger partial charge in [0.1, 0.15) is 12.5 Å². The highest BCUT2D eigenvalue weighted by Gasteiger charge is 2.29. The van der Waals surface area contributed by atoms with Crippen LogP contribution in [0.15, 0.2) is 28.4 Å². The standard InChI is InChI=1S/C20H25BrFNO3Si/c1-27(2,3)8-7-26-12-23-17-6-4-5-13(11-24)20(25)18(17)15-9-14(22)10-16(21)19(15)23/h9-11,24H,4-8,12H2,1-3H3. The predicted octanol–water partition coefficient (Wildman–Crippen LogP) is 5.82. The number of carbonyl (C=O) groups is 1. The lowest BCUT2D eigenvalue weighted by molar-refractivity contribution is 0.0881. The van der Waals surface area contributed by atoms with Gasteiger partial charge in [0.2, 0.25) is 0 Å². The first-order valence-corrected chi connectivity index (χ1v) is 13.7. The van der Waals surface area contributed by atoms with Crippen LogP contribution >= 0.6 is 15.9 Å². The van der Waals surface area contributed by atoms with Crippen molar-refractivity contribution >= 4 is 40.7 Å². The first-order valence-electron chi connectivity index (χ1n) is 9.19. The highest BCUT2D eigenvalue weighted by atomic mass is 79.9. The number of rotatable bonds is 5. The van der Waals surface area contributed by atoms with Crippen molar-refractivity contribution in [3.8, 4) is 0 Å². The molecule has 0 fully saturated rings. The molecule has 1 aromatic carbocycles. The van der Waals surface area contributed by atoms with Gasteiger partial charge in [-0.15, -0.1) is 0 Å². The van der Waals surface area contributed by atoms with Crippen LogP contribution in [-0.2, 0) is 17.9 Å². The topological polar surface area (TPSA) is 51.5 Å². The number of hydrogen-bond donors (Lipinski definition) is 1. The number of carbonyl (C=O) groups excluding carboxylic acids is 1. The van der Waals surface area contributed by atoms with Gasteiger partial charge in [0, 0.05) is 35.8 Å². The van der Waals surface area contributed by atoms with Crippen LogP contribution in [0.25, 0.3) is 10.9 Å². The molecule has 2 aromatic rings. The first kappa shape index (κ1) is 20.3. The summed E-state index contributed by atoms with van der Waals surface area (Å²) in [4.78, 5) is 13.0. The SMILES string of the molecule is C[Si](C)(C)CCOCn1c2c(c3cc(F)cc(Br)c31)C(=O)C(=CO)CCC2. The minimum absolute atomic E-state index is 0.228. The van der Waals surface area contributed by atoms with E-state index in [1.54, 1.807) is 0 Å². The van der Waals surface area contributed by atoms with E-state index in [0.29, 0.717) is 47.2 Å². The molecule has 0 saturated heterocycles. The number of nitrogens with zero attached hydrogens (tertiary/aromatic N) is 1. The summed E-state index contributed by atoms with van der Waals surface area (Å²) in [5.41, 5.74) is 2.47. The number of aliphatic hydroxyl groups is 1. The second-order valence-electron chi connectivity index (χ2n) is 8.22. The van der Waals surface area contributed by atoms with Crippen molar-refractivity contribution in [2.24, 2.45) is 0 Å². The van der Waals surface area contributed by atoms with E-state index >= 15 is 0 Å². The molecule has 0 atom stereocenters. The van der Waals surface area contributed by atoms with Gasteiger partial charge in [-0.3, -0.25) is 4.79 Å². The summed E-state index contributed by atoms with van der Waals surface area (Å²) in [6.45, 7) is 7.89. The van der Waals surface area contributed by atoms with E-state index in [0.717, 1.165) is 29.9 Å². The summed E-state index contributed by atoms with van der Waals surface area (Å²) in [6.07, 6.45) is 2.83. The van der Waals surface area contributed by atoms with E-state index in [4.69, 9.17) is 4.74 Å². The average molecular weight is 454 g/mol. The maximum absolute atomic E-state index is 14.1. The fraction of sp³-hybridized carbons (Fsp3) is 0.450. The molecular weight excluding hydrogens is 429 g/mol. The average Bonchev–Trinajstić information content (AvgIpc) is 2.77. The number of aliphatic hydroxyl groups excluding tert-OH is 1. The number of allylic oxidation sites excluding steroid dienone is 1. The van der Waals surface area contributed by atoms with Crippen LogP contribution in [0.3, 0.4) is 0 Å². The number of aromatic nitrogens is 1. The zero-order valence-electron chi connectivity index (χ0n) is 15.9. The summed E-state index contributed by atoms with van der Waals surface area (Å²) in [5.74, 6) is -0.631. The van der Waals surface area contributed by atoms with Crippen molar-refractivity contribution in [2.75, 3.05) is 6.61 Å². The monoisotopic (exact) mass is 453 g/mol. The number of ketones is 1. The predicted molar refractivity (Wildman–Crippen MR) is 112 cm³/mol. The van der Waals surface area contributed by atoms with E-state index in [1.165, 1.54) is 12.1 Å². The van der Waals surface area contributed by atoms with E-state index in [2.05, 4.69) is 35.6 Å². The minimum Gasteiger partial charge on any atom is -0.515 e. The number of halogens is 2. The Balaban J connectivity index is 2.08. The highest BCUT2D eigenvalue weighted by molar-refractivity contribution is 9.10. The lowest BCUT2D eigenvalue weighted by Crippen LogP contribution is -2.22. The molecule has 0 saturated carbocycles. The molecule has 0 unspecified atom stereocenters. The van der Waals surface area contributed by atoms with Gasteiger partial charge >= 0.3 is 0 Å². The molecule has 0 spiro atoms. The van der Waals surface area contributed by atoms with Gasteiger partial charge in [0.25, 0.3) is 0 Å². The number of benzene rings is 1. The Bertz CT molecular complexity index is 914. The summed E-state index contributed by atoms with van der Waals surface area (Å²) in [6, 6.07) is 3.86. The molecule has 27 heavy (non-hydrogen) atoms. The van der Waals surface area contributed by atoms with Gasteiger partial charge in [0.15, 0.2) is 5.78 Å². The van der Waals surface area contributed by atoms with Gasteiger partial charge in [-0.1, -0.05) is 19.6 Å². The van der Waals surface area contributed by atoms with Crippen molar-refractivity contribution in [1.82, 2.24) is 4.57 Å². The minimum atomic E-state index is -1.20. The Morgan fingerprint density at radius 1 is 1.33 bits per heavy atom. The van der Waals surface area contributed by atoms with Crippen LogP contribution < -0.4 is 0 Å². The van der Waals surface area contributed by atoms with Crippen LogP contribution in [0.4, 0.5) is 4.39 Å². The normalized spacial score (nSPS) is 16.8. The van der Waals surface area contributed by atoms with E-state index in [-0.39, 0.29) is 5.78 Å². The Kier molecular flexibility index (Phi) is 5.93. The molecule has 1 heterocycles. The summed E-state index contributed by atoms with van der Waals surface area (Å²) in [5, 5.41) is 10.0. The van der Waals surface area contributed by atoms with Crippen molar-refractivity contribution in [3.63, 3.8) is 0 Å². The van der Waals surface area contributed by atoms with Crippen LogP contribution in [-0.4, -0.2) is 30.1 Å². The van der Waals surface area contributed by atoms with Crippen LogP contribution in [0.5, 0.6) is 0 Å². The van der Waals surface area contributed by atoms with Crippen molar-refractivity contribution in [3.05, 3.63) is 45.5 Å². The number of fused-ring (bicyclic) bond motifs is 3. The third-order valence-corrected chi connectivity index (χ3v) is 7.24. The first-order chi connectivity index (χ1) is 12.7. The fourth-order valence-electron chi connectivity index (χ4n) is 3.49. The Morgan fingerprint density at radius 3 is 2.74 bits per heavy atom. The molecule has 3 rings (SSSR count). The van der Waals surface area contributed by atoms with Crippen molar-refractivity contribution < 1.29 is 19.0 Å². The van der Waals surface area contributed by atoms with E-state index < -0.39 is 13.9 Å². The van der Waals surface area contributed by atoms with Crippen LogP contribution in [0.2, 0.25) is 25.7 Å². The highest BCUT2D eigenvalue weighted by Crippen LogP contribution is 2.37. The van der Waals surface area contributed by atoms with Crippen LogP contribution in [0, 0.1) is 5.82 Å². The third-order valence-electron chi connectivity index (χ3n) is 4.93. The molecule has 0 radical (unpaired) electrons. The quantitative estimate of drug-likeness (QED) is 0.204. The molecular formula is C20H25BrFNO3Si. The zero-order valence-corrected chi connectivity index (χ0v) is 18.5. The van der Waals surface area contributed by atoms with Crippen molar-refractivity contribution in [2.45, 2.75) is 51.7 Å². The zero-order chi connectivity index (χ0) is 19.8. The molecule has 0 bridgehead atoms. The lowest BCUT2D eigenvalue weighted by Gasteiger charge is -2.17. The molecule has 1 aromatic heterocycles.